The van der Waals surface area contributed by atoms with Gasteiger partial charge in [0.25, 0.3) is 0 Å². The molecule has 1 amide bonds. The van der Waals surface area contributed by atoms with Crippen molar-refractivity contribution >= 4 is 24.3 Å². The molecule has 0 aliphatic heterocycles. The highest BCUT2D eigenvalue weighted by molar-refractivity contribution is 5.85. The first-order valence-electron chi connectivity index (χ1n) is 8.30. The van der Waals surface area contributed by atoms with Crippen LogP contribution in [0.4, 0.5) is 0 Å². The van der Waals surface area contributed by atoms with E-state index in [1.165, 1.54) is 0 Å². The summed E-state index contributed by atoms with van der Waals surface area (Å²) in [6.45, 7) is 1.45. The number of hydrogen-bond acceptors (Lipinski definition) is 3. The van der Waals surface area contributed by atoms with E-state index in [1.807, 2.05) is 0 Å². The highest BCUT2D eigenvalue weighted by atomic mass is 35.5. The van der Waals surface area contributed by atoms with Crippen LogP contribution < -0.4 is 11.1 Å². The van der Waals surface area contributed by atoms with E-state index >= 15 is 0 Å². The van der Waals surface area contributed by atoms with E-state index in [0.717, 1.165) is 57.9 Å². The zero-order valence-corrected chi connectivity index (χ0v) is 13.9. The number of nitrogens with two attached hydrogens (primary N) is 1. The monoisotopic (exact) mass is 332 g/mol. The largest absolute Gasteiger partial charge is 0.481 e. The van der Waals surface area contributed by atoms with Crippen molar-refractivity contribution in [1.82, 2.24) is 5.32 Å². The van der Waals surface area contributed by atoms with Crippen molar-refractivity contribution in [2.45, 2.75) is 51.4 Å². The van der Waals surface area contributed by atoms with Gasteiger partial charge in [0.05, 0.1) is 5.92 Å². The van der Waals surface area contributed by atoms with E-state index in [4.69, 9.17) is 10.8 Å². The van der Waals surface area contributed by atoms with E-state index in [-0.39, 0.29) is 30.2 Å². The Morgan fingerprint density at radius 1 is 0.909 bits per heavy atom. The Balaban J connectivity index is 0.00000242. The maximum atomic E-state index is 12.2. The predicted molar refractivity (Wildman–Crippen MR) is 87.8 cm³/mol. The zero-order chi connectivity index (χ0) is 15.2. The van der Waals surface area contributed by atoms with Gasteiger partial charge in [-0.25, -0.2) is 0 Å². The number of amides is 1. The van der Waals surface area contributed by atoms with Gasteiger partial charge in [0.15, 0.2) is 0 Å². The molecule has 0 spiro atoms. The predicted octanol–water partition coefficient (Wildman–Crippen LogP) is 2.18. The lowest BCUT2D eigenvalue weighted by Gasteiger charge is -2.29. The Morgan fingerprint density at radius 2 is 1.41 bits per heavy atom. The van der Waals surface area contributed by atoms with Crippen molar-refractivity contribution in [1.29, 1.82) is 0 Å². The molecule has 0 aromatic rings. The molecule has 2 aliphatic rings. The summed E-state index contributed by atoms with van der Waals surface area (Å²) in [5.41, 5.74) is 5.67. The molecule has 22 heavy (non-hydrogen) atoms. The van der Waals surface area contributed by atoms with Gasteiger partial charge in [0.2, 0.25) is 5.91 Å². The van der Waals surface area contributed by atoms with Crippen molar-refractivity contribution < 1.29 is 14.7 Å². The molecular formula is C16H29ClN2O3. The van der Waals surface area contributed by atoms with Crippen LogP contribution in [0.2, 0.25) is 0 Å². The van der Waals surface area contributed by atoms with E-state index in [2.05, 4.69) is 5.32 Å². The van der Waals surface area contributed by atoms with Gasteiger partial charge in [-0.1, -0.05) is 0 Å². The van der Waals surface area contributed by atoms with Crippen molar-refractivity contribution in [2.24, 2.45) is 29.4 Å². The van der Waals surface area contributed by atoms with Crippen LogP contribution in [0, 0.1) is 23.7 Å². The van der Waals surface area contributed by atoms with Crippen molar-refractivity contribution in [3.8, 4) is 0 Å². The number of carboxylic acids is 1. The third-order valence-electron chi connectivity index (χ3n) is 5.31. The zero-order valence-electron chi connectivity index (χ0n) is 13.1. The van der Waals surface area contributed by atoms with Crippen LogP contribution in [0.15, 0.2) is 0 Å². The average Bonchev–Trinajstić information content (AvgIpc) is 2.53. The Kier molecular flexibility index (Phi) is 8.18. The lowest BCUT2D eigenvalue weighted by atomic mass is 9.80. The number of hydrogen-bond donors (Lipinski definition) is 3. The fourth-order valence-corrected chi connectivity index (χ4v) is 3.66. The van der Waals surface area contributed by atoms with Gasteiger partial charge in [-0.3, -0.25) is 9.59 Å². The lowest BCUT2D eigenvalue weighted by molar-refractivity contribution is -0.143. The van der Waals surface area contributed by atoms with E-state index in [0.29, 0.717) is 18.4 Å². The maximum Gasteiger partial charge on any atom is 0.306 e. The number of halogens is 1. The van der Waals surface area contributed by atoms with E-state index < -0.39 is 5.97 Å². The molecule has 2 saturated carbocycles. The molecule has 0 atom stereocenters. The minimum Gasteiger partial charge on any atom is -0.481 e. The van der Waals surface area contributed by atoms with Gasteiger partial charge in [-0.15, -0.1) is 12.4 Å². The quantitative estimate of drug-likeness (QED) is 0.719. The van der Waals surface area contributed by atoms with Gasteiger partial charge in [-0.05, 0) is 69.7 Å². The van der Waals surface area contributed by atoms with Gasteiger partial charge >= 0.3 is 5.97 Å². The molecule has 2 fully saturated rings. The van der Waals surface area contributed by atoms with Crippen LogP contribution in [0.25, 0.3) is 0 Å². The number of nitrogens with one attached hydrogen (secondary N) is 1. The van der Waals surface area contributed by atoms with E-state index in [1.54, 1.807) is 0 Å². The second-order valence-corrected chi connectivity index (χ2v) is 6.75. The molecule has 128 valence electrons. The van der Waals surface area contributed by atoms with Gasteiger partial charge in [0.1, 0.15) is 0 Å². The average molecular weight is 333 g/mol. The molecule has 5 nitrogen and oxygen atoms in total. The molecule has 0 unspecified atom stereocenters. The number of aliphatic carboxylic acids is 1. The Morgan fingerprint density at radius 3 is 1.91 bits per heavy atom. The molecule has 0 heterocycles. The van der Waals surface area contributed by atoms with Crippen LogP contribution in [0.3, 0.4) is 0 Å². The van der Waals surface area contributed by atoms with Crippen LogP contribution >= 0.6 is 12.4 Å². The molecule has 0 radical (unpaired) electrons. The smallest absolute Gasteiger partial charge is 0.306 e. The topological polar surface area (TPSA) is 92.4 Å². The first kappa shape index (κ1) is 19.2. The number of carboxylic acid groups (broad SMARTS) is 1. The van der Waals surface area contributed by atoms with Crippen molar-refractivity contribution in [3.05, 3.63) is 0 Å². The maximum absolute atomic E-state index is 12.2. The van der Waals surface area contributed by atoms with E-state index in [9.17, 15) is 9.59 Å². The standard InChI is InChI=1S/C16H28N2O3.ClH/c17-9-11-1-5-13(6-2-11)15(19)18-10-12-3-7-14(8-4-12)16(20)21;/h11-14H,1-10,17H2,(H,18,19)(H,20,21);1H/t11-,12-,13-,14-;. The summed E-state index contributed by atoms with van der Waals surface area (Å²) in [4.78, 5) is 23.1. The molecule has 0 saturated heterocycles. The second kappa shape index (κ2) is 9.36. The summed E-state index contributed by atoms with van der Waals surface area (Å²) in [6.07, 6.45) is 7.37. The first-order chi connectivity index (χ1) is 10.1. The molecule has 0 aromatic heterocycles. The molecule has 2 aliphatic carbocycles. The third-order valence-corrected chi connectivity index (χ3v) is 5.31. The fraction of sp³-hybridized carbons (Fsp3) is 0.875. The lowest BCUT2D eigenvalue weighted by Crippen LogP contribution is -2.38. The fourth-order valence-electron chi connectivity index (χ4n) is 3.66. The molecule has 4 N–H and O–H groups in total. The van der Waals surface area contributed by atoms with Gasteiger partial charge in [-0.2, -0.15) is 0 Å². The van der Waals surface area contributed by atoms with Crippen LogP contribution in [0.5, 0.6) is 0 Å². The molecule has 0 bridgehead atoms. The first-order valence-corrected chi connectivity index (χ1v) is 8.30. The van der Waals surface area contributed by atoms with Gasteiger partial charge in [0, 0.05) is 12.5 Å². The third kappa shape index (κ3) is 5.43. The number of carbonyl (C=O) groups is 2. The minimum absolute atomic E-state index is 0. The summed E-state index contributed by atoms with van der Waals surface area (Å²) in [7, 11) is 0. The van der Waals surface area contributed by atoms with Crippen LogP contribution in [0.1, 0.15) is 51.4 Å². The Labute approximate surface area is 138 Å². The molecule has 2 rings (SSSR count). The van der Waals surface area contributed by atoms with Gasteiger partial charge < -0.3 is 16.2 Å². The number of rotatable bonds is 5. The number of carbonyl (C=O) groups excluding carboxylic acids is 1. The minimum atomic E-state index is -0.672. The SMILES string of the molecule is Cl.NC[C@H]1CC[C@H](C(=O)NC[C@H]2CC[C@H](C(=O)O)CC2)CC1. The Hall–Kier alpha value is -0.810. The van der Waals surface area contributed by atoms with Crippen molar-refractivity contribution in [3.63, 3.8) is 0 Å². The summed E-state index contributed by atoms with van der Waals surface area (Å²) in [6, 6.07) is 0. The normalized spacial score (nSPS) is 31.9. The van der Waals surface area contributed by atoms with Crippen LogP contribution in [-0.4, -0.2) is 30.1 Å². The summed E-state index contributed by atoms with van der Waals surface area (Å²) in [5.74, 6) is 0.539. The highest BCUT2D eigenvalue weighted by Crippen LogP contribution is 2.30. The molecule has 6 heteroatoms. The molecule has 0 aromatic carbocycles. The Bertz CT molecular complexity index is 362. The highest BCUT2D eigenvalue weighted by Gasteiger charge is 2.28. The summed E-state index contributed by atoms with van der Waals surface area (Å²) in [5, 5.41) is 12.1. The summed E-state index contributed by atoms with van der Waals surface area (Å²) < 4.78 is 0. The summed E-state index contributed by atoms with van der Waals surface area (Å²) >= 11 is 0. The van der Waals surface area contributed by atoms with Crippen LogP contribution in [-0.2, 0) is 9.59 Å². The van der Waals surface area contributed by atoms with Crippen molar-refractivity contribution in [2.75, 3.05) is 13.1 Å². The molecular weight excluding hydrogens is 304 g/mol. The second-order valence-electron chi connectivity index (χ2n) is 6.75.